The topological polar surface area (TPSA) is 105 Å². The molecule has 0 aromatic heterocycles. The van der Waals surface area contributed by atoms with Crippen molar-refractivity contribution in [2.24, 2.45) is 10.7 Å². The lowest BCUT2D eigenvalue weighted by molar-refractivity contribution is -0.118. The Morgan fingerprint density at radius 2 is 1.84 bits per heavy atom. The van der Waals surface area contributed by atoms with Crippen LogP contribution in [0.5, 0.6) is 11.5 Å². The van der Waals surface area contributed by atoms with E-state index in [1.54, 1.807) is 36.4 Å². The Morgan fingerprint density at radius 1 is 1.12 bits per heavy atom. The molecule has 1 heterocycles. The molecule has 7 heteroatoms. The van der Waals surface area contributed by atoms with Gasteiger partial charge >= 0.3 is 0 Å². The molecule has 0 unspecified atom stereocenters. The lowest BCUT2D eigenvalue weighted by atomic mass is 9.98. The van der Waals surface area contributed by atoms with Crippen LogP contribution in [0.4, 0.5) is 5.69 Å². The average molecular weight is 338 g/mol. The van der Waals surface area contributed by atoms with Crippen LogP contribution < -0.4 is 20.5 Å². The standard InChI is InChI=1S/C18H16N3O4/c1-24-14-7-12-13(8-15(14)25-2)21-16(22)9-20-17(12)10-4-3-5-11(6-10)18(19)23/h3-8H,9H2,1-2H3,(H2,19,23). The summed E-state index contributed by atoms with van der Waals surface area (Å²) in [7, 11) is 3.03. The van der Waals surface area contributed by atoms with E-state index in [0.717, 1.165) is 0 Å². The van der Waals surface area contributed by atoms with E-state index in [9.17, 15) is 9.59 Å². The lowest BCUT2D eigenvalue weighted by Crippen LogP contribution is -2.13. The summed E-state index contributed by atoms with van der Waals surface area (Å²) in [5.74, 6) is 0.0494. The minimum absolute atomic E-state index is 0.0879. The zero-order valence-corrected chi connectivity index (χ0v) is 13.8. The molecule has 1 aliphatic heterocycles. The maximum Gasteiger partial charge on any atom is 0.267 e. The molecule has 7 nitrogen and oxygen atoms in total. The van der Waals surface area contributed by atoms with Crippen molar-refractivity contribution in [1.82, 2.24) is 5.32 Å². The molecule has 0 aliphatic carbocycles. The van der Waals surface area contributed by atoms with Gasteiger partial charge in [-0.15, -0.1) is 0 Å². The Hall–Kier alpha value is -3.35. The molecule has 0 atom stereocenters. The minimum Gasteiger partial charge on any atom is -0.493 e. The Labute approximate surface area is 144 Å². The lowest BCUT2D eigenvalue weighted by Gasteiger charge is -2.14. The van der Waals surface area contributed by atoms with Gasteiger partial charge in [0.25, 0.3) is 5.91 Å². The summed E-state index contributed by atoms with van der Waals surface area (Å²) in [5, 5.41) is 4.08. The molecule has 0 spiro atoms. The number of benzene rings is 2. The first kappa shape index (κ1) is 16.5. The number of amides is 2. The third-order valence-electron chi connectivity index (χ3n) is 3.80. The summed E-state index contributed by atoms with van der Waals surface area (Å²) in [5.41, 5.74) is 7.96. The van der Waals surface area contributed by atoms with Gasteiger partial charge in [0.15, 0.2) is 11.5 Å². The van der Waals surface area contributed by atoms with Crippen molar-refractivity contribution >= 4 is 23.2 Å². The molecular formula is C18H16N3O4. The second-order valence-electron chi connectivity index (χ2n) is 5.34. The van der Waals surface area contributed by atoms with Crippen LogP contribution in [0.1, 0.15) is 21.5 Å². The minimum atomic E-state index is -0.538. The molecule has 3 rings (SSSR count). The van der Waals surface area contributed by atoms with Gasteiger partial charge in [0.2, 0.25) is 5.91 Å². The Morgan fingerprint density at radius 3 is 2.52 bits per heavy atom. The fraction of sp³-hybridized carbons (Fsp3) is 0.167. The molecule has 0 bridgehead atoms. The fourth-order valence-corrected chi connectivity index (χ4v) is 2.62. The van der Waals surface area contributed by atoms with Crippen molar-refractivity contribution in [2.45, 2.75) is 0 Å². The van der Waals surface area contributed by atoms with Gasteiger partial charge in [-0.1, -0.05) is 12.1 Å². The molecule has 1 aliphatic rings. The quantitative estimate of drug-likeness (QED) is 0.910. The normalized spacial score (nSPS) is 13.2. The summed E-state index contributed by atoms with van der Waals surface area (Å²) in [6.45, 7) is -0.0879. The summed E-state index contributed by atoms with van der Waals surface area (Å²) < 4.78 is 10.6. The van der Waals surface area contributed by atoms with Crippen LogP contribution in [0, 0.1) is 0 Å². The molecule has 2 aromatic rings. The highest BCUT2D eigenvalue weighted by Crippen LogP contribution is 2.35. The summed E-state index contributed by atoms with van der Waals surface area (Å²) in [6.07, 6.45) is 0. The maximum absolute atomic E-state index is 11.9. The van der Waals surface area contributed by atoms with Crippen molar-refractivity contribution in [2.75, 3.05) is 20.8 Å². The average Bonchev–Trinajstić information content (AvgIpc) is 2.78. The number of aliphatic imine (C=N–C) groups is 1. The van der Waals surface area contributed by atoms with Crippen molar-refractivity contribution in [1.29, 1.82) is 0 Å². The highest BCUT2D eigenvalue weighted by molar-refractivity contribution is 6.18. The third kappa shape index (κ3) is 3.16. The van der Waals surface area contributed by atoms with Crippen molar-refractivity contribution in [3.8, 4) is 11.5 Å². The Balaban J connectivity index is 2.20. The zero-order valence-electron chi connectivity index (χ0n) is 13.8. The predicted molar refractivity (Wildman–Crippen MR) is 91.8 cm³/mol. The molecule has 2 aromatic carbocycles. The van der Waals surface area contributed by atoms with Gasteiger partial charge in [-0.05, 0) is 18.2 Å². The number of primary amides is 1. The number of benzodiazepines with no additional fused rings is 1. The summed E-state index contributed by atoms with van der Waals surface area (Å²) in [6, 6.07) is 10.1. The van der Waals surface area contributed by atoms with E-state index in [0.29, 0.717) is 39.6 Å². The molecule has 0 fully saturated rings. The number of hydrogen-bond acceptors (Lipinski definition) is 5. The first-order valence-electron chi connectivity index (χ1n) is 7.49. The van der Waals surface area contributed by atoms with E-state index < -0.39 is 5.91 Å². The van der Waals surface area contributed by atoms with E-state index >= 15 is 0 Å². The number of ether oxygens (including phenoxy) is 2. The molecule has 2 N–H and O–H groups in total. The van der Waals surface area contributed by atoms with Crippen LogP contribution in [0.2, 0.25) is 0 Å². The molecule has 1 radical (unpaired) electrons. The highest BCUT2D eigenvalue weighted by atomic mass is 16.5. The molecule has 25 heavy (non-hydrogen) atoms. The monoisotopic (exact) mass is 338 g/mol. The van der Waals surface area contributed by atoms with E-state index in [-0.39, 0.29) is 12.5 Å². The van der Waals surface area contributed by atoms with Crippen LogP contribution in [-0.4, -0.2) is 38.3 Å². The SMILES string of the molecule is COc1cc2c(cc1OC)C(c1cccc(C(N)=O)c1)=NCC(=O)[N]2. The Kier molecular flexibility index (Phi) is 4.38. The van der Waals surface area contributed by atoms with Crippen LogP contribution in [0.3, 0.4) is 0 Å². The van der Waals surface area contributed by atoms with Crippen LogP contribution >= 0.6 is 0 Å². The first-order valence-corrected chi connectivity index (χ1v) is 7.49. The molecule has 2 amide bonds. The van der Waals surface area contributed by atoms with Gasteiger partial charge in [-0.3, -0.25) is 14.6 Å². The van der Waals surface area contributed by atoms with Gasteiger partial charge < -0.3 is 15.2 Å². The molecule has 0 saturated heterocycles. The Bertz CT molecular complexity index is 890. The molecule has 127 valence electrons. The third-order valence-corrected chi connectivity index (χ3v) is 3.80. The van der Waals surface area contributed by atoms with Crippen molar-refractivity contribution in [3.05, 3.63) is 53.1 Å². The highest BCUT2D eigenvalue weighted by Gasteiger charge is 2.23. The number of hydrogen-bond donors (Lipinski definition) is 1. The smallest absolute Gasteiger partial charge is 0.267 e. The number of nitrogens with two attached hydrogens (primary N) is 1. The molecule has 0 saturated carbocycles. The fourth-order valence-electron chi connectivity index (χ4n) is 2.62. The summed E-state index contributed by atoms with van der Waals surface area (Å²) in [4.78, 5) is 27.8. The van der Waals surface area contributed by atoms with Gasteiger partial charge in [-0.2, -0.15) is 0 Å². The van der Waals surface area contributed by atoms with Gasteiger partial charge in [0, 0.05) is 22.8 Å². The van der Waals surface area contributed by atoms with E-state index in [1.165, 1.54) is 14.2 Å². The van der Waals surface area contributed by atoms with Gasteiger partial charge in [-0.25, -0.2) is 5.32 Å². The summed E-state index contributed by atoms with van der Waals surface area (Å²) >= 11 is 0. The number of carbonyl (C=O) groups excluding carboxylic acids is 2. The van der Waals surface area contributed by atoms with E-state index in [1.807, 2.05) is 0 Å². The number of fused-ring (bicyclic) bond motifs is 1. The van der Waals surface area contributed by atoms with Crippen molar-refractivity contribution < 1.29 is 19.1 Å². The predicted octanol–water partition coefficient (Wildman–Crippen LogP) is 1.42. The number of methoxy groups -OCH3 is 2. The second kappa shape index (κ2) is 6.64. The molecular weight excluding hydrogens is 322 g/mol. The van der Waals surface area contributed by atoms with Crippen LogP contribution in [0.25, 0.3) is 0 Å². The van der Waals surface area contributed by atoms with Gasteiger partial charge in [0.05, 0.1) is 25.6 Å². The van der Waals surface area contributed by atoms with Crippen LogP contribution in [-0.2, 0) is 4.79 Å². The number of rotatable bonds is 4. The largest absolute Gasteiger partial charge is 0.493 e. The number of carbonyl (C=O) groups is 2. The first-order chi connectivity index (χ1) is 12.0. The van der Waals surface area contributed by atoms with E-state index in [2.05, 4.69) is 10.3 Å². The second-order valence-corrected chi connectivity index (χ2v) is 5.34. The van der Waals surface area contributed by atoms with Gasteiger partial charge in [0.1, 0.15) is 6.54 Å². The zero-order chi connectivity index (χ0) is 18.0. The van der Waals surface area contributed by atoms with Crippen molar-refractivity contribution in [3.63, 3.8) is 0 Å². The number of nitrogens with zero attached hydrogens (tertiary/aromatic N) is 2. The van der Waals surface area contributed by atoms with E-state index in [4.69, 9.17) is 15.2 Å². The maximum atomic E-state index is 11.9. The van der Waals surface area contributed by atoms with Crippen LogP contribution in [0.15, 0.2) is 41.4 Å².